The van der Waals surface area contributed by atoms with Gasteiger partial charge in [-0.1, -0.05) is 37.3 Å². The average molecular weight is 443 g/mol. The fourth-order valence-electron chi connectivity index (χ4n) is 3.93. The van der Waals surface area contributed by atoms with E-state index in [-0.39, 0.29) is 23.3 Å². The van der Waals surface area contributed by atoms with Crippen molar-refractivity contribution in [3.63, 3.8) is 0 Å². The number of benzene rings is 1. The molecule has 2 aromatic heterocycles. The van der Waals surface area contributed by atoms with Crippen molar-refractivity contribution in [1.29, 1.82) is 0 Å². The van der Waals surface area contributed by atoms with Gasteiger partial charge in [0, 0.05) is 49.3 Å². The fraction of sp³-hybridized carbons (Fsp3) is 0.409. The molecule has 1 aliphatic heterocycles. The summed E-state index contributed by atoms with van der Waals surface area (Å²) in [6.45, 7) is 3.24. The minimum absolute atomic E-state index is 0.110. The summed E-state index contributed by atoms with van der Waals surface area (Å²) < 4.78 is 31.1. The van der Waals surface area contributed by atoms with Gasteiger partial charge in [-0.3, -0.25) is 4.79 Å². The van der Waals surface area contributed by atoms with Crippen LogP contribution in [-0.4, -0.2) is 58.4 Å². The topological polar surface area (TPSA) is 98.3 Å². The Morgan fingerprint density at radius 2 is 1.90 bits per heavy atom. The second-order valence-corrected chi connectivity index (χ2v) is 10.2. The molecule has 8 nitrogen and oxygen atoms in total. The van der Waals surface area contributed by atoms with E-state index >= 15 is 0 Å². The highest BCUT2D eigenvalue weighted by Crippen LogP contribution is 2.29. The summed E-state index contributed by atoms with van der Waals surface area (Å²) in [7, 11) is -3.03. The van der Waals surface area contributed by atoms with Gasteiger partial charge in [0.2, 0.25) is 0 Å². The molecule has 0 atom stereocenters. The SMILES string of the molecule is CCS(=O)(=O)CCn1ccnc1C1CCN(C(=O)c2ncoc2-c2ccccc2)CC1. The predicted molar refractivity (Wildman–Crippen MR) is 116 cm³/mol. The Bertz CT molecular complexity index is 1130. The highest BCUT2D eigenvalue weighted by Gasteiger charge is 2.30. The predicted octanol–water partition coefficient (Wildman–Crippen LogP) is 2.99. The molecule has 1 aliphatic rings. The molecule has 4 rings (SSSR count). The Morgan fingerprint density at radius 1 is 1.16 bits per heavy atom. The van der Waals surface area contributed by atoms with E-state index in [1.807, 2.05) is 41.1 Å². The van der Waals surface area contributed by atoms with Crippen LogP contribution >= 0.6 is 0 Å². The number of carbonyl (C=O) groups is 1. The minimum Gasteiger partial charge on any atom is -0.443 e. The van der Waals surface area contributed by atoms with Crippen molar-refractivity contribution in [1.82, 2.24) is 19.4 Å². The highest BCUT2D eigenvalue weighted by molar-refractivity contribution is 7.91. The van der Waals surface area contributed by atoms with Gasteiger partial charge in [-0.2, -0.15) is 0 Å². The van der Waals surface area contributed by atoms with Crippen LogP contribution in [0.25, 0.3) is 11.3 Å². The maximum Gasteiger partial charge on any atom is 0.276 e. The normalized spacial score (nSPS) is 15.3. The van der Waals surface area contributed by atoms with Crippen LogP contribution in [0.1, 0.15) is 42.0 Å². The highest BCUT2D eigenvalue weighted by atomic mass is 32.2. The van der Waals surface area contributed by atoms with Crippen LogP contribution in [0, 0.1) is 0 Å². The molecule has 9 heteroatoms. The molecule has 0 unspecified atom stereocenters. The van der Waals surface area contributed by atoms with Gasteiger partial charge in [0.25, 0.3) is 5.91 Å². The standard InChI is InChI=1S/C22H26N4O4S/c1-2-31(28,29)15-14-25-13-10-23-21(25)18-8-11-26(12-9-18)22(27)19-20(30-16-24-19)17-6-4-3-5-7-17/h3-7,10,13,16,18H,2,8-9,11-12,14-15H2,1H3. The number of amides is 1. The number of sulfone groups is 1. The van der Waals surface area contributed by atoms with Crippen LogP contribution < -0.4 is 0 Å². The lowest BCUT2D eigenvalue weighted by atomic mass is 9.95. The summed E-state index contributed by atoms with van der Waals surface area (Å²) in [5.74, 6) is 1.69. The van der Waals surface area contributed by atoms with Gasteiger partial charge in [-0.25, -0.2) is 18.4 Å². The number of aromatic nitrogens is 3. The number of hydrogen-bond donors (Lipinski definition) is 0. The van der Waals surface area contributed by atoms with E-state index in [0.717, 1.165) is 24.2 Å². The van der Waals surface area contributed by atoms with Gasteiger partial charge in [0.05, 0.1) is 5.75 Å². The number of likely N-dealkylation sites (tertiary alicyclic amines) is 1. The number of carbonyl (C=O) groups excluding carboxylic acids is 1. The van der Waals surface area contributed by atoms with Gasteiger partial charge < -0.3 is 13.9 Å². The third-order valence-corrected chi connectivity index (χ3v) is 7.47. The zero-order valence-electron chi connectivity index (χ0n) is 17.5. The summed E-state index contributed by atoms with van der Waals surface area (Å²) >= 11 is 0. The van der Waals surface area contributed by atoms with Crippen LogP contribution in [0.15, 0.2) is 53.5 Å². The van der Waals surface area contributed by atoms with Crippen LogP contribution in [0.4, 0.5) is 0 Å². The summed E-state index contributed by atoms with van der Waals surface area (Å²) in [4.78, 5) is 23.5. The van der Waals surface area contributed by atoms with Crippen molar-refractivity contribution in [2.45, 2.75) is 32.2 Å². The molecular weight excluding hydrogens is 416 g/mol. The molecule has 164 valence electrons. The molecule has 0 saturated carbocycles. The molecule has 1 saturated heterocycles. The number of rotatable bonds is 7. The Balaban J connectivity index is 1.41. The van der Waals surface area contributed by atoms with E-state index in [4.69, 9.17) is 4.42 Å². The lowest BCUT2D eigenvalue weighted by Crippen LogP contribution is -2.38. The van der Waals surface area contributed by atoms with E-state index in [1.54, 1.807) is 18.0 Å². The lowest BCUT2D eigenvalue weighted by molar-refractivity contribution is 0.0705. The molecular formula is C22H26N4O4S. The zero-order valence-corrected chi connectivity index (χ0v) is 18.3. The Hall–Kier alpha value is -2.94. The molecule has 0 radical (unpaired) electrons. The van der Waals surface area contributed by atoms with Gasteiger partial charge in [0.1, 0.15) is 5.82 Å². The molecule has 3 heterocycles. The number of imidazole rings is 1. The van der Waals surface area contributed by atoms with Gasteiger partial charge in [-0.05, 0) is 12.8 Å². The number of aryl methyl sites for hydroxylation is 1. The number of oxazole rings is 1. The molecule has 1 amide bonds. The Labute approximate surface area is 181 Å². The molecule has 1 aromatic carbocycles. The first kappa shape index (κ1) is 21.3. The third-order valence-electron chi connectivity index (χ3n) is 5.78. The molecule has 0 aliphatic carbocycles. The van der Waals surface area contributed by atoms with Gasteiger partial charge >= 0.3 is 0 Å². The van der Waals surface area contributed by atoms with E-state index in [0.29, 0.717) is 31.1 Å². The fourth-order valence-corrected chi connectivity index (χ4v) is 4.70. The molecule has 0 N–H and O–H groups in total. The summed E-state index contributed by atoms with van der Waals surface area (Å²) in [6, 6.07) is 9.48. The van der Waals surface area contributed by atoms with Crippen LogP contribution in [0.2, 0.25) is 0 Å². The molecule has 0 spiro atoms. The second kappa shape index (κ2) is 9.05. The van der Waals surface area contributed by atoms with E-state index in [2.05, 4.69) is 9.97 Å². The van der Waals surface area contributed by atoms with Crippen molar-refractivity contribution >= 4 is 15.7 Å². The van der Waals surface area contributed by atoms with Gasteiger partial charge in [0.15, 0.2) is 27.7 Å². The van der Waals surface area contributed by atoms with Crippen molar-refractivity contribution in [2.75, 3.05) is 24.6 Å². The monoisotopic (exact) mass is 442 g/mol. The van der Waals surface area contributed by atoms with Crippen LogP contribution in [0.5, 0.6) is 0 Å². The first-order valence-corrected chi connectivity index (χ1v) is 12.3. The lowest BCUT2D eigenvalue weighted by Gasteiger charge is -2.31. The first-order valence-electron chi connectivity index (χ1n) is 10.5. The van der Waals surface area contributed by atoms with Gasteiger partial charge in [-0.15, -0.1) is 0 Å². The van der Waals surface area contributed by atoms with E-state index < -0.39 is 9.84 Å². The first-order chi connectivity index (χ1) is 15.0. The summed E-state index contributed by atoms with van der Waals surface area (Å²) in [5, 5.41) is 0. The number of piperidine rings is 1. The van der Waals surface area contributed by atoms with Crippen molar-refractivity contribution in [2.24, 2.45) is 0 Å². The third kappa shape index (κ3) is 4.71. The Morgan fingerprint density at radius 3 is 2.61 bits per heavy atom. The largest absolute Gasteiger partial charge is 0.443 e. The van der Waals surface area contributed by atoms with Crippen LogP contribution in [0.3, 0.4) is 0 Å². The van der Waals surface area contributed by atoms with Crippen molar-refractivity contribution in [3.05, 3.63) is 60.6 Å². The quantitative estimate of drug-likeness (QED) is 0.558. The Kier molecular flexibility index (Phi) is 6.22. The van der Waals surface area contributed by atoms with E-state index in [1.165, 1.54) is 6.39 Å². The zero-order chi connectivity index (χ0) is 21.8. The number of hydrogen-bond acceptors (Lipinski definition) is 6. The molecule has 0 bridgehead atoms. The summed E-state index contributed by atoms with van der Waals surface area (Å²) in [5.41, 5.74) is 1.15. The van der Waals surface area contributed by atoms with Crippen molar-refractivity contribution < 1.29 is 17.6 Å². The smallest absolute Gasteiger partial charge is 0.276 e. The second-order valence-electron chi connectivity index (χ2n) is 7.68. The average Bonchev–Trinajstić information content (AvgIpc) is 3.48. The molecule has 31 heavy (non-hydrogen) atoms. The van der Waals surface area contributed by atoms with Crippen molar-refractivity contribution in [3.8, 4) is 11.3 Å². The minimum atomic E-state index is -3.03. The number of nitrogens with zero attached hydrogens (tertiary/aromatic N) is 4. The maximum atomic E-state index is 13.1. The molecule has 1 fully saturated rings. The maximum absolute atomic E-state index is 13.1. The van der Waals surface area contributed by atoms with E-state index in [9.17, 15) is 13.2 Å². The summed E-state index contributed by atoms with van der Waals surface area (Å²) in [6.07, 6.45) is 6.39. The van der Waals surface area contributed by atoms with Crippen LogP contribution in [-0.2, 0) is 16.4 Å². The molecule has 3 aromatic rings.